The molecule has 0 bridgehead atoms. The van der Waals surface area contributed by atoms with Crippen molar-refractivity contribution >= 4 is 22.5 Å². The van der Waals surface area contributed by atoms with Gasteiger partial charge in [-0.05, 0) is 18.2 Å². The molecule has 0 N–H and O–H groups in total. The first kappa shape index (κ1) is 12.9. The topological polar surface area (TPSA) is 25.8 Å². The van der Waals surface area contributed by atoms with Crippen molar-refractivity contribution in [3.8, 4) is 0 Å². The van der Waals surface area contributed by atoms with Gasteiger partial charge in [0.1, 0.15) is 5.15 Å². The smallest absolute Gasteiger partial charge is 0.227 e. The number of nitrogens with zero attached hydrogens (tertiary/aromatic N) is 2. The van der Waals surface area contributed by atoms with Crippen LogP contribution in [0.15, 0.2) is 18.2 Å². The maximum absolute atomic E-state index is 12.5. The second kappa shape index (κ2) is 4.31. The summed E-state index contributed by atoms with van der Waals surface area (Å²) in [5.41, 5.74) is -1.25. The third kappa shape index (κ3) is 2.35. The van der Waals surface area contributed by atoms with E-state index in [-0.39, 0.29) is 16.1 Å². The van der Waals surface area contributed by atoms with Gasteiger partial charge in [-0.15, -0.1) is 0 Å². The summed E-state index contributed by atoms with van der Waals surface area (Å²) in [6.07, 6.45) is -7.57. The third-order valence-electron chi connectivity index (χ3n) is 2.19. The van der Waals surface area contributed by atoms with E-state index in [0.717, 1.165) is 12.1 Å². The molecule has 8 heteroatoms. The highest BCUT2D eigenvalue weighted by molar-refractivity contribution is 6.34. The van der Waals surface area contributed by atoms with E-state index in [1.165, 1.54) is 0 Å². The van der Waals surface area contributed by atoms with E-state index < -0.39 is 24.0 Å². The molecule has 0 aliphatic heterocycles. The molecule has 1 aromatic heterocycles. The average Bonchev–Trinajstić information content (AvgIpc) is 2.26. The standard InChI is InChI=1S/C10H4ClF5N2/c11-7-5-2-1-4(10(14,15)16)3-6(5)17-9(18-7)8(12)13/h1-3,8H. The van der Waals surface area contributed by atoms with E-state index in [9.17, 15) is 22.0 Å². The zero-order valence-corrected chi connectivity index (χ0v) is 9.23. The molecule has 1 heterocycles. The van der Waals surface area contributed by atoms with Crippen LogP contribution in [0.4, 0.5) is 22.0 Å². The Kier molecular flexibility index (Phi) is 3.10. The number of hydrogen-bond donors (Lipinski definition) is 0. The van der Waals surface area contributed by atoms with Crippen LogP contribution < -0.4 is 0 Å². The van der Waals surface area contributed by atoms with Gasteiger partial charge >= 0.3 is 6.18 Å². The molecular formula is C10H4ClF5N2. The molecule has 1 aromatic carbocycles. The van der Waals surface area contributed by atoms with Gasteiger partial charge in [-0.2, -0.15) is 13.2 Å². The van der Waals surface area contributed by atoms with Gasteiger partial charge in [-0.25, -0.2) is 18.7 Å². The predicted molar refractivity (Wildman–Crippen MR) is 54.5 cm³/mol. The van der Waals surface area contributed by atoms with E-state index in [0.29, 0.717) is 6.07 Å². The van der Waals surface area contributed by atoms with Crippen LogP contribution in [0.1, 0.15) is 17.8 Å². The largest absolute Gasteiger partial charge is 0.416 e. The third-order valence-corrected chi connectivity index (χ3v) is 2.48. The normalized spacial score (nSPS) is 12.4. The summed E-state index contributed by atoms with van der Waals surface area (Å²) in [6.45, 7) is 0. The van der Waals surface area contributed by atoms with Crippen LogP contribution in [0.5, 0.6) is 0 Å². The minimum absolute atomic E-state index is 0.0917. The summed E-state index contributed by atoms with van der Waals surface area (Å²) in [7, 11) is 0. The summed E-state index contributed by atoms with van der Waals surface area (Å²) in [4.78, 5) is 6.68. The molecule has 0 spiro atoms. The molecule has 2 rings (SSSR count). The van der Waals surface area contributed by atoms with Crippen LogP contribution in [0, 0.1) is 0 Å². The minimum Gasteiger partial charge on any atom is -0.227 e. The lowest BCUT2D eigenvalue weighted by atomic mass is 10.1. The van der Waals surface area contributed by atoms with Crippen LogP contribution in [0.2, 0.25) is 5.15 Å². The zero-order valence-electron chi connectivity index (χ0n) is 8.47. The number of rotatable bonds is 1. The van der Waals surface area contributed by atoms with Gasteiger partial charge in [0.15, 0.2) is 5.82 Å². The van der Waals surface area contributed by atoms with Crippen LogP contribution in [-0.4, -0.2) is 9.97 Å². The van der Waals surface area contributed by atoms with E-state index in [1.54, 1.807) is 0 Å². The number of benzene rings is 1. The first-order valence-electron chi connectivity index (χ1n) is 4.61. The molecule has 0 unspecified atom stereocenters. The molecule has 0 atom stereocenters. The Morgan fingerprint density at radius 2 is 1.78 bits per heavy atom. The van der Waals surface area contributed by atoms with Gasteiger partial charge in [0, 0.05) is 5.39 Å². The molecule has 0 saturated carbocycles. The van der Waals surface area contributed by atoms with E-state index in [2.05, 4.69) is 9.97 Å². The Bertz CT molecular complexity index is 597. The molecule has 0 saturated heterocycles. The fourth-order valence-corrected chi connectivity index (χ4v) is 1.63. The molecule has 0 aliphatic carbocycles. The quantitative estimate of drug-likeness (QED) is 0.577. The van der Waals surface area contributed by atoms with Crippen LogP contribution in [-0.2, 0) is 6.18 Å². The van der Waals surface area contributed by atoms with Crippen molar-refractivity contribution in [2.75, 3.05) is 0 Å². The number of alkyl halides is 5. The van der Waals surface area contributed by atoms with Gasteiger partial charge in [0.05, 0.1) is 11.1 Å². The SMILES string of the molecule is FC(F)c1nc(Cl)c2ccc(C(F)(F)F)cc2n1. The second-order valence-corrected chi connectivity index (χ2v) is 3.76. The summed E-state index contributed by atoms with van der Waals surface area (Å²) in [6, 6.07) is 2.50. The predicted octanol–water partition coefficient (Wildman–Crippen LogP) is 4.24. The molecule has 96 valence electrons. The number of halogens is 6. The summed E-state index contributed by atoms with van der Waals surface area (Å²) < 4.78 is 62.2. The monoisotopic (exact) mass is 282 g/mol. The van der Waals surface area contributed by atoms with Gasteiger partial charge in [0.2, 0.25) is 0 Å². The number of aromatic nitrogens is 2. The zero-order chi connectivity index (χ0) is 13.5. The Labute approximate surface area is 102 Å². The first-order chi connectivity index (χ1) is 8.29. The Balaban J connectivity index is 2.68. The van der Waals surface area contributed by atoms with Gasteiger partial charge in [-0.3, -0.25) is 0 Å². The van der Waals surface area contributed by atoms with Gasteiger partial charge < -0.3 is 0 Å². The summed E-state index contributed by atoms with van der Waals surface area (Å²) in [5.74, 6) is -0.896. The molecule has 2 nitrogen and oxygen atoms in total. The minimum atomic E-state index is -4.57. The molecular weight excluding hydrogens is 279 g/mol. The molecule has 0 amide bonds. The number of hydrogen-bond acceptors (Lipinski definition) is 2. The van der Waals surface area contributed by atoms with E-state index in [1.807, 2.05) is 0 Å². The molecule has 0 fully saturated rings. The molecule has 0 aliphatic rings. The highest BCUT2D eigenvalue weighted by atomic mass is 35.5. The van der Waals surface area contributed by atoms with Crippen molar-refractivity contribution in [3.63, 3.8) is 0 Å². The lowest BCUT2D eigenvalue weighted by Crippen LogP contribution is -2.05. The number of fused-ring (bicyclic) bond motifs is 1. The Morgan fingerprint density at radius 1 is 1.11 bits per heavy atom. The van der Waals surface area contributed by atoms with Crippen molar-refractivity contribution in [3.05, 3.63) is 34.7 Å². The van der Waals surface area contributed by atoms with E-state index >= 15 is 0 Å². The fourth-order valence-electron chi connectivity index (χ4n) is 1.38. The van der Waals surface area contributed by atoms with Crippen molar-refractivity contribution in [2.45, 2.75) is 12.6 Å². The second-order valence-electron chi connectivity index (χ2n) is 3.40. The maximum atomic E-state index is 12.5. The molecule has 18 heavy (non-hydrogen) atoms. The summed E-state index contributed by atoms with van der Waals surface area (Å²) >= 11 is 5.61. The molecule has 2 aromatic rings. The lowest BCUT2D eigenvalue weighted by molar-refractivity contribution is -0.137. The Hall–Kier alpha value is -1.50. The lowest BCUT2D eigenvalue weighted by Gasteiger charge is -2.08. The van der Waals surface area contributed by atoms with Crippen molar-refractivity contribution < 1.29 is 22.0 Å². The molecule has 0 radical (unpaired) electrons. The van der Waals surface area contributed by atoms with Gasteiger partial charge in [0.25, 0.3) is 6.43 Å². The highest BCUT2D eigenvalue weighted by Crippen LogP contribution is 2.32. The van der Waals surface area contributed by atoms with Crippen molar-refractivity contribution in [1.29, 1.82) is 0 Å². The van der Waals surface area contributed by atoms with Gasteiger partial charge in [-0.1, -0.05) is 11.6 Å². The average molecular weight is 283 g/mol. The van der Waals surface area contributed by atoms with E-state index in [4.69, 9.17) is 11.6 Å². The Morgan fingerprint density at radius 3 is 2.33 bits per heavy atom. The maximum Gasteiger partial charge on any atom is 0.416 e. The fraction of sp³-hybridized carbons (Fsp3) is 0.200. The highest BCUT2D eigenvalue weighted by Gasteiger charge is 2.31. The van der Waals surface area contributed by atoms with Crippen LogP contribution in [0.3, 0.4) is 0 Å². The van der Waals surface area contributed by atoms with Crippen molar-refractivity contribution in [2.24, 2.45) is 0 Å². The van der Waals surface area contributed by atoms with Crippen LogP contribution >= 0.6 is 11.6 Å². The first-order valence-corrected chi connectivity index (χ1v) is 4.99. The summed E-state index contributed by atoms with van der Waals surface area (Å²) in [5, 5.41) is -0.210. The van der Waals surface area contributed by atoms with Crippen molar-refractivity contribution in [1.82, 2.24) is 9.97 Å². The van der Waals surface area contributed by atoms with Crippen LogP contribution in [0.25, 0.3) is 10.9 Å².